The van der Waals surface area contributed by atoms with Crippen molar-refractivity contribution in [1.82, 2.24) is 19.8 Å². The van der Waals surface area contributed by atoms with E-state index in [-0.39, 0.29) is 0 Å². The van der Waals surface area contributed by atoms with E-state index >= 15 is 0 Å². The summed E-state index contributed by atoms with van der Waals surface area (Å²) in [6.07, 6.45) is 2.83. The van der Waals surface area contributed by atoms with Crippen LogP contribution in [-0.4, -0.2) is 51.5 Å². The van der Waals surface area contributed by atoms with Crippen molar-refractivity contribution in [2.45, 2.75) is 46.2 Å². The molecule has 0 bridgehead atoms. The summed E-state index contributed by atoms with van der Waals surface area (Å²) < 4.78 is 0. The molecule has 2 rings (SSSR count). The molecule has 0 aliphatic carbocycles. The van der Waals surface area contributed by atoms with Crippen LogP contribution in [0.2, 0.25) is 0 Å². The number of rotatable bonds is 3. The number of hydrogen-bond donors (Lipinski definition) is 1. The van der Waals surface area contributed by atoms with Gasteiger partial charge in [0.15, 0.2) is 0 Å². The van der Waals surface area contributed by atoms with Crippen molar-refractivity contribution in [3.05, 3.63) is 17.7 Å². The van der Waals surface area contributed by atoms with Crippen LogP contribution < -0.4 is 0 Å². The van der Waals surface area contributed by atoms with E-state index in [2.05, 4.69) is 47.5 Å². The van der Waals surface area contributed by atoms with Gasteiger partial charge in [0.2, 0.25) is 0 Å². The van der Waals surface area contributed by atoms with E-state index in [1.807, 2.05) is 6.33 Å². The fourth-order valence-corrected chi connectivity index (χ4v) is 2.59. The molecule has 0 radical (unpaired) electrons. The van der Waals surface area contributed by atoms with Crippen LogP contribution in [0, 0.1) is 0 Å². The zero-order chi connectivity index (χ0) is 13.2. The zero-order valence-corrected chi connectivity index (χ0v) is 12.2. The average molecular weight is 250 g/mol. The van der Waals surface area contributed by atoms with Gasteiger partial charge in [-0.1, -0.05) is 6.92 Å². The SMILES string of the molecule is CCc1nc[nH]c1CN1CCN(C(C)(C)C)CC1. The first-order valence-corrected chi connectivity index (χ1v) is 6.99. The number of imidazole rings is 1. The van der Waals surface area contributed by atoms with Gasteiger partial charge in [-0.25, -0.2) is 4.98 Å². The van der Waals surface area contributed by atoms with Crippen molar-refractivity contribution in [1.29, 1.82) is 0 Å². The van der Waals surface area contributed by atoms with E-state index in [0.29, 0.717) is 5.54 Å². The molecule has 1 N–H and O–H groups in total. The van der Waals surface area contributed by atoms with Gasteiger partial charge in [-0.05, 0) is 27.2 Å². The van der Waals surface area contributed by atoms with E-state index in [4.69, 9.17) is 0 Å². The first-order valence-electron chi connectivity index (χ1n) is 6.99. The highest BCUT2D eigenvalue weighted by atomic mass is 15.3. The van der Waals surface area contributed by atoms with E-state index in [0.717, 1.165) is 26.1 Å². The van der Waals surface area contributed by atoms with Crippen molar-refractivity contribution in [3.63, 3.8) is 0 Å². The average Bonchev–Trinajstić information content (AvgIpc) is 2.76. The minimum Gasteiger partial charge on any atom is -0.347 e. The van der Waals surface area contributed by atoms with Gasteiger partial charge in [-0.3, -0.25) is 9.80 Å². The Hall–Kier alpha value is -0.870. The number of piperazine rings is 1. The third-order valence-corrected chi connectivity index (χ3v) is 3.85. The van der Waals surface area contributed by atoms with Gasteiger partial charge in [-0.2, -0.15) is 0 Å². The van der Waals surface area contributed by atoms with Crippen LogP contribution >= 0.6 is 0 Å². The predicted molar refractivity (Wildman–Crippen MR) is 74.6 cm³/mol. The quantitative estimate of drug-likeness (QED) is 0.890. The van der Waals surface area contributed by atoms with Crippen molar-refractivity contribution in [2.75, 3.05) is 26.2 Å². The molecule has 102 valence electrons. The summed E-state index contributed by atoms with van der Waals surface area (Å²) >= 11 is 0. The van der Waals surface area contributed by atoms with Crippen molar-refractivity contribution < 1.29 is 0 Å². The van der Waals surface area contributed by atoms with E-state index in [1.165, 1.54) is 24.5 Å². The Morgan fingerprint density at radius 1 is 1.22 bits per heavy atom. The van der Waals surface area contributed by atoms with Gasteiger partial charge in [0.05, 0.1) is 17.7 Å². The van der Waals surface area contributed by atoms with Crippen LogP contribution in [0.1, 0.15) is 39.1 Å². The van der Waals surface area contributed by atoms with Crippen molar-refractivity contribution in [3.8, 4) is 0 Å². The molecule has 4 nitrogen and oxygen atoms in total. The zero-order valence-electron chi connectivity index (χ0n) is 12.2. The molecule has 0 spiro atoms. The van der Waals surface area contributed by atoms with Gasteiger partial charge in [0.1, 0.15) is 0 Å². The minimum atomic E-state index is 0.300. The second kappa shape index (κ2) is 5.41. The summed E-state index contributed by atoms with van der Waals surface area (Å²) in [7, 11) is 0. The molecule has 2 heterocycles. The fourth-order valence-electron chi connectivity index (χ4n) is 2.59. The monoisotopic (exact) mass is 250 g/mol. The maximum Gasteiger partial charge on any atom is 0.0925 e. The maximum absolute atomic E-state index is 4.36. The molecule has 0 saturated carbocycles. The normalized spacial score (nSPS) is 19.3. The van der Waals surface area contributed by atoms with E-state index < -0.39 is 0 Å². The third kappa shape index (κ3) is 3.12. The molecule has 0 atom stereocenters. The second-order valence-electron chi connectivity index (χ2n) is 6.12. The molecule has 1 fully saturated rings. The molecule has 18 heavy (non-hydrogen) atoms. The van der Waals surface area contributed by atoms with Gasteiger partial charge in [0, 0.05) is 38.3 Å². The van der Waals surface area contributed by atoms with Crippen LogP contribution in [0.25, 0.3) is 0 Å². The van der Waals surface area contributed by atoms with Crippen LogP contribution in [-0.2, 0) is 13.0 Å². The Kier molecular flexibility index (Phi) is 4.07. The molecule has 0 amide bonds. The Labute approximate surface area is 110 Å². The Morgan fingerprint density at radius 3 is 2.44 bits per heavy atom. The Morgan fingerprint density at radius 2 is 1.89 bits per heavy atom. The highest BCUT2D eigenvalue weighted by Gasteiger charge is 2.26. The lowest BCUT2D eigenvalue weighted by molar-refractivity contribution is 0.0585. The number of H-pyrrole nitrogens is 1. The van der Waals surface area contributed by atoms with Crippen LogP contribution in [0.3, 0.4) is 0 Å². The number of nitrogens with zero attached hydrogens (tertiary/aromatic N) is 3. The molecule has 0 aromatic carbocycles. The molecule has 1 aromatic rings. The van der Waals surface area contributed by atoms with Gasteiger partial charge < -0.3 is 4.98 Å². The predicted octanol–water partition coefficient (Wildman–Crippen LogP) is 1.89. The van der Waals surface area contributed by atoms with Crippen molar-refractivity contribution >= 4 is 0 Å². The number of hydrogen-bond acceptors (Lipinski definition) is 3. The lowest BCUT2D eigenvalue weighted by atomic mass is 10.0. The largest absolute Gasteiger partial charge is 0.347 e. The highest BCUT2D eigenvalue weighted by Crippen LogP contribution is 2.17. The fraction of sp³-hybridized carbons (Fsp3) is 0.786. The molecule has 4 heteroatoms. The summed E-state index contributed by atoms with van der Waals surface area (Å²) in [5.74, 6) is 0. The van der Waals surface area contributed by atoms with Crippen molar-refractivity contribution in [2.24, 2.45) is 0 Å². The van der Waals surface area contributed by atoms with Gasteiger partial charge in [0.25, 0.3) is 0 Å². The number of aryl methyl sites for hydroxylation is 1. The highest BCUT2D eigenvalue weighted by molar-refractivity contribution is 5.10. The van der Waals surface area contributed by atoms with E-state index in [1.54, 1.807) is 0 Å². The molecule has 1 aromatic heterocycles. The standard InChI is InChI=1S/C14H26N4/c1-5-12-13(16-11-15-12)10-17-6-8-18(9-7-17)14(2,3)4/h11H,5-10H2,1-4H3,(H,15,16). The summed E-state index contributed by atoms with van der Waals surface area (Å²) in [4.78, 5) is 12.7. The number of aromatic nitrogens is 2. The summed E-state index contributed by atoms with van der Waals surface area (Å²) in [6.45, 7) is 14.7. The topological polar surface area (TPSA) is 35.2 Å². The summed E-state index contributed by atoms with van der Waals surface area (Å²) in [5, 5.41) is 0. The van der Waals surface area contributed by atoms with Crippen LogP contribution in [0.4, 0.5) is 0 Å². The van der Waals surface area contributed by atoms with E-state index in [9.17, 15) is 0 Å². The molecule has 0 unspecified atom stereocenters. The number of aromatic amines is 1. The second-order valence-corrected chi connectivity index (χ2v) is 6.12. The lowest BCUT2D eigenvalue weighted by Crippen LogP contribution is -2.53. The minimum absolute atomic E-state index is 0.300. The summed E-state index contributed by atoms with van der Waals surface area (Å²) in [5.41, 5.74) is 2.81. The first-order chi connectivity index (χ1) is 8.50. The molecule has 1 aliphatic heterocycles. The van der Waals surface area contributed by atoms with Gasteiger partial charge in [-0.15, -0.1) is 0 Å². The summed E-state index contributed by atoms with van der Waals surface area (Å²) in [6, 6.07) is 0. The Balaban J connectivity index is 1.87. The molecule has 1 aliphatic rings. The first kappa shape index (κ1) is 13.6. The molecular formula is C14H26N4. The number of nitrogens with one attached hydrogen (secondary N) is 1. The maximum atomic E-state index is 4.36. The molecule has 1 saturated heterocycles. The third-order valence-electron chi connectivity index (χ3n) is 3.85. The van der Waals surface area contributed by atoms with Crippen LogP contribution in [0.5, 0.6) is 0 Å². The molecular weight excluding hydrogens is 224 g/mol. The van der Waals surface area contributed by atoms with Crippen LogP contribution in [0.15, 0.2) is 6.33 Å². The van der Waals surface area contributed by atoms with Gasteiger partial charge >= 0.3 is 0 Å². The lowest BCUT2D eigenvalue weighted by Gasteiger charge is -2.42. The smallest absolute Gasteiger partial charge is 0.0925 e. The Bertz CT molecular complexity index is 369.